The van der Waals surface area contributed by atoms with Gasteiger partial charge >= 0.3 is 23.9 Å². The van der Waals surface area contributed by atoms with Crippen molar-refractivity contribution in [2.24, 2.45) is 28.6 Å². The van der Waals surface area contributed by atoms with Crippen LogP contribution >= 0.6 is 0 Å². The molecule has 1 spiro atoms. The Bertz CT molecular complexity index is 1380. The summed E-state index contributed by atoms with van der Waals surface area (Å²) in [7, 11) is 1.09. The van der Waals surface area contributed by atoms with E-state index >= 15 is 0 Å². The second-order valence-corrected chi connectivity index (χ2v) is 13.1. The summed E-state index contributed by atoms with van der Waals surface area (Å²) in [6.07, 6.45) is -3.78. The van der Waals surface area contributed by atoms with Gasteiger partial charge in [-0.3, -0.25) is 4.79 Å². The minimum atomic E-state index is -2.25. The smallest absolute Gasteiger partial charge is 0.348 e. The molecule has 0 aromatic rings. The summed E-state index contributed by atoms with van der Waals surface area (Å²) in [4.78, 5) is 65.9. The van der Waals surface area contributed by atoms with Gasteiger partial charge in [0.25, 0.3) is 0 Å². The summed E-state index contributed by atoms with van der Waals surface area (Å²) in [5.41, 5.74) is -2.95. The number of esters is 4. The standard InChI is InChI=1S/C31H38O12/c1-13(2)8-19(33)42-22-15(5)16-10-18-30-12-40-31(28(38)39-7,26(36)21(35)24(30)29(16,6)11-17(22)32)25(30)23(27(37)41-18)43-20(34)9-14(3)4/h8-9,16,18,21,23-26,35-36H,10-12H2,1-7H3. The third kappa shape index (κ3) is 4.24. The van der Waals surface area contributed by atoms with Crippen LogP contribution in [0.25, 0.3) is 0 Å². The van der Waals surface area contributed by atoms with E-state index in [4.69, 9.17) is 23.7 Å². The highest BCUT2D eigenvalue weighted by atomic mass is 16.6. The fourth-order valence-corrected chi connectivity index (χ4v) is 8.74. The summed E-state index contributed by atoms with van der Waals surface area (Å²) in [6, 6.07) is 0. The minimum absolute atomic E-state index is 0.106. The van der Waals surface area contributed by atoms with E-state index in [9.17, 15) is 34.2 Å². The van der Waals surface area contributed by atoms with Crippen molar-refractivity contribution in [1.82, 2.24) is 0 Å². The second-order valence-electron chi connectivity index (χ2n) is 13.1. The van der Waals surface area contributed by atoms with Crippen LogP contribution in [0.2, 0.25) is 0 Å². The molecule has 0 radical (unpaired) electrons. The first-order chi connectivity index (χ1) is 20.1. The number of ether oxygens (including phenoxy) is 5. The molecule has 2 aliphatic heterocycles. The monoisotopic (exact) mass is 602 g/mol. The van der Waals surface area contributed by atoms with Gasteiger partial charge in [0.15, 0.2) is 11.5 Å². The number of methoxy groups -OCH3 is 1. The molecule has 4 fully saturated rings. The molecular weight excluding hydrogens is 564 g/mol. The number of hydrogen-bond donors (Lipinski definition) is 2. The molecule has 3 aliphatic carbocycles. The predicted molar refractivity (Wildman–Crippen MR) is 145 cm³/mol. The number of allylic oxidation sites excluding steroid dienone is 4. The molecule has 5 rings (SSSR count). The normalized spacial score (nSPS) is 40.8. The lowest BCUT2D eigenvalue weighted by Gasteiger charge is -2.67. The van der Waals surface area contributed by atoms with Crippen molar-refractivity contribution in [3.63, 3.8) is 0 Å². The van der Waals surface area contributed by atoms with E-state index < -0.39 is 88.3 Å². The Morgan fingerprint density at radius 3 is 2.23 bits per heavy atom. The predicted octanol–water partition coefficient (Wildman–Crippen LogP) is 1.47. The van der Waals surface area contributed by atoms with Gasteiger partial charge in [-0.1, -0.05) is 18.1 Å². The molecule has 0 amide bonds. The summed E-state index contributed by atoms with van der Waals surface area (Å²) in [5, 5.41) is 23.5. The zero-order valence-electron chi connectivity index (χ0n) is 25.3. The molecule has 0 aromatic heterocycles. The van der Waals surface area contributed by atoms with Gasteiger partial charge in [-0.15, -0.1) is 0 Å². The maximum Gasteiger partial charge on any atom is 0.348 e. The van der Waals surface area contributed by atoms with Gasteiger partial charge in [0, 0.05) is 29.9 Å². The lowest BCUT2D eigenvalue weighted by atomic mass is 9.38. The highest BCUT2D eigenvalue weighted by Crippen LogP contribution is 2.72. The third-order valence-electron chi connectivity index (χ3n) is 10.1. The Labute approximate surface area is 249 Å². The van der Waals surface area contributed by atoms with Crippen molar-refractivity contribution in [3.8, 4) is 0 Å². The van der Waals surface area contributed by atoms with Crippen molar-refractivity contribution in [2.45, 2.75) is 84.4 Å². The highest BCUT2D eigenvalue weighted by molar-refractivity contribution is 5.99. The number of fused-ring (bicyclic) bond motifs is 2. The van der Waals surface area contributed by atoms with Gasteiger partial charge in [0.2, 0.25) is 11.7 Å². The van der Waals surface area contributed by atoms with Gasteiger partial charge in [0.1, 0.15) is 12.2 Å². The van der Waals surface area contributed by atoms with E-state index in [1.807, 2.05) is 0 Å². The minimum Gasteiger partial charge on any atom is -0.467 e. The van der Waals surface area contributed by atoms with Gasteiger partial charge < -0.3 is 33.9 Å². The van der Waals surface area contributed by atoms with Gasteiger partial charge in [0.05, 0.1) is 25.7 Å². The van der Waals surface area contributed by atoms with Gasteiger partial charge in [-0.05, 0) is 57.9 Å². The molecule has 43 heavy (non-hydrogen) atoms. The molecule has 10 atom stereocenters. The van der Waals surface area contributed by atoms with Crippen LogP contribution in [0.1, 0.15) is 54.4 Å². The average molecular weight is 603 g/mol. The molecule has 12 heteroatoms. The molecule has 2 saturated heterocycles. The number of aliphatic hydroxyl groups is 2. The van der Waals surface area contributed by atoms with E-state index in [1.54, 1.807) is 41.5 Å². The number of hydrogen-bond acceptors (Lipinski definition) is 12. The third-order valence-corrected chi connectivity index (χ3v) is 10.1. The Hall–Kier alpha value is -3.35. The Morgan fingerprint density at radius 2 is 1.63 bits per heavy atom. The zero-order chi connectivity index (χ0) is 31.8. The maximum atomic E-state index is 13.6. The van der Waals surface area contributed by atoms with Crippen LogP contribution in [0.15, 0.2) is 34.6 Å². The largest absolute Gasteiger partial charge is 0.467 e. The van der Waals surface area contributed by atoms with Crippen LogP contribution in [0, 0.1) is 28.6 Å². The van der Waals surface area contributed by atoms with Crippen molar-refractivity contribution in [3.05, 3.63) is 34.6 Å². The molecular formula is C31H38O12. The maximum absolute atomic E-state index is 13.6. The number of ketones is 1. The molecule has 234 valence electrons. The van der Waals surface area contributed by atoms with Crippen molar-refractivity contribution in [2.75, 3.05) is 13.7 Å². The number of Topliss-reactive ketones (excluding diaryl/α,β-unsaturated/α-hetero) is 1. The second kappa shape index (κ2) is 10.4. The molecule has 2 N–H and O–H groups in total. The quantitative estimate of drug-likeness (QED) is 0.264. The number of carbonyl (C=O) groups is 5. The summed E-state index contributed by atoms with van der Waals surface area (Å²) in [6.45, 7) is 9.96. The first kappa shape index (κ1) is 31.1. The van der Waals surface area contributed by atoms with E-state index in [2.05, 4.69) is 0 Å². The highest BCUT2D eigenvalue weighted by Gasteiger charge is 2.85. The summed E-state index contributed by atoms with van der Waals surface area (Å²) >= 11 is 0. The van der Waals surface area contributed by atoms with Gasteiger partial charge in [-0.25, -0.2) is 19.2 Å². The van der Waals surface area contributed by atoms with Crippen LogP contribution in [0.3, 0.4) is 0 Å². The fraction of sp³-hybridized carbons (Fsp3) is 0.645. The topological polar surface area (TPSA) is 172 Å². The molecule has 10 unspecified atom stereocenters. The lowest BCUT2D eigenvalue weighted by molar-refractivity contribution is -0.290. The number of carbonyl (C=O) groups excluding carboxylic acids is 5. The van der Waals surface area contributed by atoms with Crippen molar-refractivity contribution in [1.29, 1.82) is 0 Å². The number of aliphatic hydroxyl groups excluding tert-OH is 2. The van der Waals surface area contributed by atoms with Crippen molar-refractivity contribution < 1.29 is 57.9 Å². The number of rotatable bonds is 5. The molecule has 12 nitrogen and oxygen atoms in total. The van der Waals surface area contributed by atoms with Crippen LogP contribution in [-0.2, 0) is 47.7 Å². The molecule has 0 aromatic carbocycles. The van der Waals surface area contributed by atoms with Gasteiger partial charge in [-0.2, -0.15) is 0 Å². The van der Waals surface area contributed by atoms with E-state index in [1.165, 1.54) is 12.2 Å². The summed E-state index contributed by atoms with van der Waals surface area (Å²) < 4.78 is 28.2. The average Bonchev–Trinajstić information content (AvgIpc) is 3.21. The molecule has 5 aliphatic rings. The van der Waals surface area contributed by atoms with Crippen LogP contribution in [0.5, 0.6) is 0 Å². The van der Waals surface area contributed by atoms with E-state index in [0.717, 1.165) is 7.11 Å². The first-order valence-corrected chi connectivity index (χ1v) is 14.3. The Morgan fingerprint density at radius 1 is 1.00 bits per heavy atom. The fourth-order valence-electron chi connectivity index (χ4n) is 8.74. The SMILES string of the molecule is COC(=O)C12OCC34C(CC5C(C)=C(OC(=O)C=C(C)C)C(=O)CC5(C)C3C(O)C1O)OC(=O)C(OC(=O)C=C(C)C)C24. The lowest BCUT2D eigenvalue weighted by Crippen LogP contribution is -2.79. The Balaban J connectivity index is 1.68. The van der Waals surface area contributed by atoms with Crippen molar-refractivity contribution >= 4 is 29.7 Å². The zero-order valence-corrected chi connectivity index (χ0v) is 25.3. The Kier molecular flexibility index (Phi) is 7.50. The molecule has 2 bridgehead atoms. The van der Waals surface area contributed by atoms with Crippen LogP contribution in [0.4, 0.5) is 0 Å². The van der Waals surface area contributed by atoms with Crippen LogP contribution < -0.4 is 0 Å². The molecule has 2 saturated carbocycles. The summed E-state index contributed by atoms with van der Waals surface area (Å²) in [5.74, 6) is -6.92. The van der Waals surface area contributed by atoms with E-state index in [0.29, 0.717) is 16.7 Å². The van der Waals surface area contributed by atoms with Crippen LogP contribution in [-0.4, -0.2) is 83.6 Å². The van der Waals surface area contributed by atoms with E-state index in [-0.39, 0.29) is 25.2 Å². The first-order valence-electron chi connectivity index (χ1n) is 14.3. The molecule has 2 heterocycles.